The van der Waals surface area contributed by atoms with Crippen LogP contribution in [-0.4, -0.2) is 37.1 Å². The number of nitrogens with one attached hydrogen (secondary N) is 1. The van der Waals surface area contributed by atoms with Crippen LogP contribution in [0.2, 0.25) is 0 Å². The fraction of sp³-hybridized carbons (Fsp3) is 0.684. The van der Waals surface area contributed by atoms with Crippen molar-refractivity contribution in [1.29, 1.82) is 0 Å². The predicted octanol–water partition coefficient (Wildman–Crippen LogP) is 3.64. The Kier molecular flexibility index (Phi) is 4.97. The normalized spacial score (nSPS) is 34.2. The van der Waals surface area contributed by atoms with Crippen molar-refractivity contribution in [2.24, 2.45) is 5.92 Å². The first-order valence-electron chi connectivity index (χ1n) is 8.78. The molecule has 0 amide bonds. The topological polar surface area (TPSA) is 15.3 Å². The van der Waals surface area contributed by atoms with Crippen molar-refractivity contribution < 1.29 is 0 Å². The van der Waals surface area contributed by atoms with E-state index in [1.165, 1.54) is 45.2 Å². The molecular weight excluding hydrogens is 256 g/mol. The zero-order chi connectivity index (χ0) is 14.7. The van der Waals surface area contributed by atoms with E-state index in [9.17, 15) is 0 Å². The summed E-state index contributed by atoms with van der Waals surface area (Å²) in [6.07, 6.45) is 6.71. The summed E-state index contributed by atoms with van der Waals surface area (Å²) in [6.45, 7) is 4.97. The van der Waals surface area contributed by atoms with Crippen LogP contribution in [0.15, 0.2) is 30.3 Å². The van der Waals surface area contributed by atoms with Crippen molar-refractivity contribution in [3.63, 3.8) is 0 Å². The highest BCUT2D eigenvalue weighted by Gasteiger charge is 2.36. The molecule has 0 aromatic heterocycles. The number of nitrogens with zero attached hydrogens (tertiary/aromatic N) is 1. The minimum absolute atomic E-state index is 0.681. The second-order valence-corrected chi connectivity index (χ2v) is 6.94. The third kappa shape index (κ3) is 3.32. The molecule has 1 aromatic rings. The Bertz CT molecular complexity index is 430. The zero-order valence-electron chi connectivity index (χ0n) is 13.6. The van der Waals surface area contributed by atoms with Gasteiger partial charge in [0.05, 0.1) is 0 Å². The highest BCUT2D eigenvalue weighted by atomic mass is 15.2. The lowest BCUT2D eigenvalue weighted by molar-refractivity contribution is 0.137. The maximum Gasteiger partial charge on any atom is 0.0255 e. The van der Waals surface area contributed by atoms with E-state index in [4.69, 9.17) is 0 Å². The summed E-state index contributed by atoms with van der Waals surface area (Å²) < 4.78 is 0. The Hall–Kier alpha value is -0.860. The standard InChI is InChI=1S/C19H30N2/c1-3-15-11-12-21(14-15)19-13-17(9-10-18(19)20-2)16-7-5-4-6-8-16/h4-8,15,17-20H,3,9-14H2,1-2H3. The minimum Gasteiger partial charge on any atom is -0.315 e. The highest BCUT2D eigenvalue weighted by molar-refractivity contribution is 5.21. The first-order valence-corrected chi connectivity index (χ1v) is 8.78. The lowest BCUT2D eigenvalue weighted by Crippen LogP contribution is -2.51. The Morgan fingerprint density at radius 1 is 1.14 bits per heavy atom. The fourth-order valence-electron chi connectivity index (χ4n) is 4.41. The van der Waals surface area contributed by atoms with E-state index in [0.717, 1.165) is 17.9 Å². The van der Waals surface area contributed by atoms with Gasteiger partial charge in [0.15, 0.2) is 0 Å². The van der Waals surface area contributed by atoms with Crippen LogP contribution in [0.4, 0.5) is 0 Å². The monoisotopic (exact) mass is 286 g/mol. The van der Waals surface area contributed by atoms with Crippen LogP contribution in [0.3, 0.4) is 0 Å². The van der Waals surface area contributed by atoms with Gasteiger partial charge in [-0.25, -0.2) is 0 Å². The fourth-order valence-corrected chi connectivity index (χ4v) is 4.41. The lowest BCUT2D eigenvalue weighted by Gasteiger charge is -2.41. The molecule has 4 atom stereocenters. The molecule has 0 spiro atoms. The van der Waals surface area contributed by atoms with E-state index >= 15 is 0 Å². The van der Waals surface area contributed by atoms with E-state index in [0.29, 0.717) is 6.04 Å². The maximum absolute atomic E-state index is 3.59. The molecule has 1 aliphatic heterocycles. The molecule has 1 saturated heterocycles. The van der Waals surface area contributed by atoms with Crippen LogP contribution in [0.5, 0.6) is 0 Å². The molecule has 116 valence electrons. The van der Waals surface area contributed by atoms with Gasteiger partial charge in [-0.05, 0) is 56.7 Å². The molecule has 2 fully saturated rings. The number of likely N-dealkylation sites (tertiary alicyclic amines) is 1. The smallest absolute Gasteiger partial charge is 0.0255 e. The average molecular weight is 286 g/mol. The van der Waals surface area contributed by atoms with Crippen LogP contribution < -0.4 is 5.32 Å². The summed E-state index contributed by atoms with van der Waals surface area (Å²) in [5.41, 5.74) is 1.54. The van der Waals surface area contributed by atoms with Crippen LogP contribution in [0.25, 0.3) is 0 Å². The van der Waals surface area contributed by atoms with Crippen LogP contribution >= 0.6 is 0 Å². The van der Waals surface area contributed by atoms with Crippen LogP contribution in [-0.2, 0) is 0 Å². The van der Waals surface area contributed by atoms with E-state index < -0.39 is 0 Å². The molecule has 21 heavy (non-hydrogen) atoms. The van der Waals surface area contributed by atoms with Gasteiger partial charge in [-0.15, -0.1) is 0 Å². The van der Waals surface area contributed by atoms with Gasteiger partial charge in [0, 0.05) is 18.6 Å². The molecule has 1 aromatic carbocycles. The molecule has 0 radical (unpaired) electrons. The summed E-state index contributed by atoms with van der Waals surface area (Å²) in [4.78, 5) is 2.78. The second-order valence-electron chi connectivity index (χ2n) is 6.94. The van der Waals surface area contributed by atoms with E-state index in [-0.39, 0.29) is 0 Å². The van der Waals surface area contributed by atoms with E-state index in [2.05, 4.69) is 54.5 Å². The van der Waals surface area contributed by atoms with Crippen LogP contribution in [0.1, 0.15) is 50.5 Å². The molecular formula is C19H30N2. The molecule has 1 saturated carbocycles. The number of hydrogen-bond acceptors (Lipinski definition) is 2. The second kappa shape index (κ2) is 6.93. The molecule has 2 aliphatic rings. The third-order valence-electron chi connectivity index (χ3n) is 5.82. The molecule has 1 heterocycles. The highest BCUT2D eigenvalue weighted by Crippen LogP contribution is 2.37. The minimum atomic E-state index is 0.681. The molecule has 4 unspecified atom stereocenters. The number of rotatable bonds is 4. The zero-order valence-corrected chi connectivity index (χ0v) is 13.6. The van der Waals surface area contributed by atoms with Crippen molar-refractivity contribution in [2.45, 2.75) is 57.0 Å². The van der Waals surface area contributed by atoms with Gasteiger partial charge in [-0.2, -0.15) is 0 Å². The number of benzene rings is 1. The molecule has 2 heteroatoms. The Morgan fingerprint density at radius 2 is 1.95 bits per heavy atom. The molecule has 0 bridgehead atoms. The van der Waals surface area contributed by atoms with Crippen LogP contribution in [0, 0.1) is 5.92 Å². The van der Waals surface area contributed by atoms with Gasteiger partial charge in [0.25, 0.3) is 0 Å². The van der Waals surface area contributed by atoms with Gasteiger partial charge in [0.1, 0.15) is 0 Å². The number of hydrogen-bond donors (Lipinski definition) is 1. The summed E-state index contributed by atoms with van der Waals surface area (Å²) in [7, 11) is 2.15. The molecule has 3 rings (SSSR count). The van der Waals surface area contributed by atoms with Crippen molar-refractivity contribution >= 4 is 0 Å². The SMILES string of the molecule is CCC1CCN(C2CC(c3ccccc3)CCC2NC)C1. The Balaban J connectivity index is 1.70. The summed E-state index contributed by atoms with van der Waals surface area (Å²) >= 11 is 0. The maximum atomic E-state index is 3.59. The van der Waals surface area contributed by atoms with Gasteiger partial charge < -0.3 is 5.32 Å². The van der Waals surface area contributed by atoms with Gasteiger partial charge in [0.2, 0.25) is 0 Å². The lowest BCUT2D eigenvalue weighted by atomic mass is 9.78. The quantitative estimate of drug-likeness (QED) is 0.909. The predicted molar refractivity (Wildman–Crippen MR) is 89.6 cm³/mol. The van der Waals surface area contributed by atoms with E-state index in [1.54, 1.807) is 5.56 Å². The third-order valence-corrected chi connectivity index (χ3v) is 5.82. The number of likely N-dealkylation sites (N-methyl/N-ethyl adjacent to an activating group) is 1. The first-order chi connectivity index (χ1) is 10.3. The Labute approximate surface area is 129 Å². The Morgan fingerprint density at radius 3 is 2.62 bits per heavy atom. The summed E-state index contributed by atoms with van der Waals surface area (Å²) in [6, 6.07) is 12.6. The average Bonchev–Trinajstić information content (AvgIpc) is 3.04. The first kappa shape index (κ1) is 15.1. The van der Waals surface area contributed by atoms with Crippen molar-refractivity contribution in [2.75, 3.05) is 20.1 Å². The molecule has 2 nitrogen and oxygen atoms in total. The van der Waals surface area contributed by atoms with Gasteiger partial charge >= 0.3 is 0 Å². The largest absolute Gasteiger partial charge is 0.315 e. The van der Waals surface area contributed by atoms with Crippen molar-refractivity contribution in [3.8, 4) is 0 Å². The molecule has 1 N–H and O–H groups in total. The van der Waals surface area contributed by atoms with E-state index in [1.807, 2.05) is 0 Å². The summed E-state index contributed by atoms with van der Waals surface area (Å²) in [5, 5.41) is 3.59. The van der Waals surface area contributed by atoms with Crippen molar-refractivity contribution in [3.05, 3.63) is 35.9 Å². The van der Waals surface area contributed by atoms with Gasteiger partial charge in [-0.1, -0.05) is 43.7 Å². The van der Waals surface area contributed by atoms with Gasteiger partial charge in [-0.3, -0.25) is 4.90 Å². The molecule has 1 aliphatic carbocycles. The van der Waals surface area contributed by atoms with Crippen molar-refractivity contribution in [1.82, 2.24) is 10.2 Å². The summed E-state index contributed by atoms with van der Waals surface area (Å²) in [5.74, 6) is 1.68.